The van der Waals surface area contributed by atoms with Gasteiger partial charge >= 0.3 is 0 Å². The lowest BCUT2D eigenvalue weighted by Crippen LogP contribution is -2.46. The molecule has 1 N–H and O–H groups in total. The van der Waals surface area contributed by atoms with Crippen LogP contribution in [0.5, 0.6) is 0 Å². The summed E-state index contributed by atoms with van der Waals surface area (Å²) in [6.45, 7) is 0. The zero-order chi connectivity index (χ0) is 14.0. The highest BCUT2D eigenvalue weighted by Gasteiger charge is 2.43. The Bertz CT molecular complexity index is 436. The van der Waals surface area contributed by atoms with Gasteiger partial charge < -0.3 is 5.11 Å². The van der Waals surface area contributed by atoms with E-state index in [0.717, 1.165) is 18.8 Å². The van der Waals surface area contributed by atoms with Crippen LogP contribution in [0.25, 0.3) is 0 Å². The molecule has 0 saturated heterocycles. The van der Waals surface area contributed by atoms with E-state index in [-0.39, 0.29) is 0 Å². The van der Waals surface area contributed by atoms with Crippen molar-refractivity contribution in [2.75, 3.05) is 0 Å². The van der Waals surface area contributed by atoms with Crippen molar-refractivity contribution < 1.29 is 5.11 Å². The Kier molecular flexibility index (Phi) is 4.16. The van der Waals surface area contributed by atoms with Gasteiger partial charge in [-0.25, -0.2) is 0 Å². The molecule has 3 rings (SSSR count). The lowest BCUT2D eigenvalue weighted by molar-refractivity contribution is -0.0766. The van der Waals surface area contributed by atoms with Gasteiger partial charge in [-0.15, -0.1) is 0 Å². The number of nitrogens with zero attached hydrogens (tertiary/aromatic N) is 2. The van der Waals surface area contributed by atoms with Crippen molar-refractivity contribution in [1.82, 2.24) is 9.78 Å². The van der Waals surface area contributed by atoms with Gasteiger partial charge in [0.1, 0.15) is 0 Å². The van der Waals surface area contributed by atoms with Gasteiger partial charge in [-0.1, -0.05) is 44.9 Å². The van der Waals surface area contributed by atoms with Crippen LogP contribution in [0.4, 0.5) is 0 Å². The summed E-state index contributed by atoms with van der Waals surface area (Å²) in [5.41, 5.74) is 0.709. The molecule has 0 radical (unpaired) electrons. The Morgan fingerprint density at radius 2 is 1.95 bits per heavy atom. The molecule has 0 bridgehead atoms. The van der Waals surface area contributed by atoms with Crippen molar-refractivity contribution in [2.45, 2.75) is 69.8 Å². The first-order valence-corrected chi connectivity index (χ1v) is 8.37. The van der Waals surface area contributed by atoms with Crippen molar-refractivity contribution in [1.29, 1.82) is 0 Å². The fourth-order valence-electron chi connectivity index (χ4n) is 4.60. The van der Waals surface area contributed by atoms with Gasteiger partial charge in [0.05, 0.1) is 11.8 Å². The van der Waals surface area contributed by atoms with Gasteiger partial charge in [-0.05, 0) is 30.2 Å². The van der Waals surface area contributed by atoms with E-state index in [2.05, 4.69) is 11.3 Å². The summed E-state index contributed by atoms with van der Waals surface area (Å²) >= 11 is 0. The van der Waals surface area contributed by atoms with Gasteiger partial charge in [-0.3, -0.25) is 4.68 Å². The third kappa shape index (κ3) is 2.93. The number of aryl methyl sites for hydroxylation is 1. The van der Waals surface area contributed by atoms with Crippen LogP contribution in [0, 0.1) is 11.8 Å². The molecule has 112 valence electrons. The molecule has 2 aliphatic rings. The van der Waals surface area contributed by atoms with Crippen molar-refractivity contribution in [3.8, 4) is 0 Å². The van der Waals surface area contributed by atoms with E-state index < -0.39 is 5.60 Å². The van der Waals surface area contributed by atoms with Crippen LogP contribution in [0.1, 0.15) is 63.4 Å². The Hall–Kier alpha value is -0.830. The van der Waals surface area contributed by atoms with Crippen LogP contribution in [-0.2, 0) is 13.5 Å². The fourth-order valence-corrected chi connectivity index (χ4v) is 4.60. The maximum atomic E-state index is 11.3. The van der Waals surface area contributed by atoms with E-state index in [4.69, 9.17) is 0 Å². The van der Waals surface area contributed by atoms with Gasteiger partial charge in [-0.2, -0.15) is 5.10 Å². The maximum absolute atomic E-state index is 11.3. The van der Waals surface area contributed by atoms with Crippen LogP contribution in [0.3, 0.4) is 0 Å². The molecular weight excluding hydrogens is 248 g/mol. The molecule has 2 saturated carbocycles. The number of hydrogen-bond donors (Lipinski definition) is 1. The largest absolute Gasteiger partial charge is 0.389 e. The van der Waals surface area contributed by atoms with Gasteiger partial charge in [0.25, 0.3) is 0 Å². The number of rotatable bonds is 3. The predicted octanol–water partition coefficient (Wildman–Crippen LogP) is 3.46. The normalized spacial score (nSPS) is 32.4. The SMILES string of the molecule is Cn1cc(CC2(O)CCCCC2C2CCCCC2)cn1. The Morgan fingerprint density at radius 1 is 1.20 bits per heavy atom. The molecule has 3 nitrogen and oxygen atoms in total. The van der Waals surface area contributed by atoms with E-state index in [1.54, 1.807) is 0 Å². The average Bonchev–Trinajstić information content (AvgIpc) is 2.85. The minimum Gasteiger partial charge on any atom is -0.389 e. The maximum Gasteiger partial charge on any atom is 0.0719 e. The fraction of sp³-hybridized carbons (Fsp3) is 0.824. The van der Waals surface area contributed by atoms with Gasteiger partial charge in [0.15, 0.2) is 0 Å². The highest BCUT2D eigenvalue weighted by Crippen LogP contribution is 2.45. The van der Waals surface area contributed by atoms with Crippen molar-refractivity contribution >= 4 is 0 Å². The number of aromatic nitrogens is 2. The van der Waals surface area contributed by atoms with E-state index in [9.17, 15) is 5.11 Å². The van der Waals surface area contributed by atoms with Crippen molar-refractivity contribution in [3.63, 3.8) is 0 Å². The molecule has 3 heteroatoms. The van der Waals surface area contributed by atoms with Gasteiger partial charge in [0.2, 0.25) is 0 Å². The predicted molar refractivity (Wildman–Crippen MR) is 80.4 cm³/mol. The summed E-state index contributed by atoms with van der Waals surface area (Å²) in [5, 5.41) is 15.6. The van der Waals surface area contributed by atoms with Crippen LogP contribution < -0.4 is 0 Å². The van der Waals surface area contributed by atoms with Crippen LogP contribution >= 0.6 is 0 Å². The summed E-state index contributed by atoms with van der Waals surface area (Å²) in [5.74, 6) is 1.27. The second-order valence-electron chi connectivity index (χ2n) is 7.05. The summed E-state index contributed by atoms with van der Waals surface area (Å²) in [6, 6.07) is 0. The van der Waals surface area contributed by atoms with E-state index >= 15 is 0 Å². The van der Waals surface area contributed by atoms with Crippen LogP contribution in [0.15, 0.2) is 12.4 Å². The molecular formula is C17H28N2O. The second kappa shape index (κ2) is 5.88. The first-order chi connectivity index (χ1) is 9.67. The highest BCUT2D eigenvalue weighted by atomic mass is 16.3. The molecule has 0 spiro atoms. The van der Waals surface area contributed by atoms with Crippen molar-refractivity contribution in [3.05, 3.63) is 18.0 Å². The third-order valence-electron chi connectivity index (χ3n) is 5.55. The molecule has 2 unspecified atom stereocenters. The quantitative estimate of drug-likeness (QED) is 0.918. The Balaban J connectivity index is 1.75. The molecule has 1 heterocycles. The number of hydrogen-bond acceptors (Lipinski definition) is 2. The van der Waals surface area contributed by atoms with Crippen LogP contribution in [-0.4, -0.2) is 20.5 Å². The molecule has 1 aromatic heterocycles. The van der Waals surface area contributed by atoms with Gasteiger partial charge in [0, 0.05) is 19.7 Å². The first kappa shape index (κ1) is 14.1. The Morgan fingerprint density at radius 3 is 2.65 bits per heavy atom. The van der Waals surface area contributed by atoms with Crippen LogP contribution in [0.2, 0.25) is 0 Å². The second-order valence-corrected chi connectivity index (χ2v) is 7.05. The summed E-state index contributed by atoms with van der Waals surface area (Å²) in [4.78, 5) is 0. The topological polar surface area (TPSA) is 38.0 Å². The van der Waals surface area contributed by atoms with E-state index in [1.807, 2.05) is 17.9 Å². The molecule has 0 amide bonds. The zero-order valence-corrected chi connectivity index (χ0v) is 12.7. The minimum absolute atomic E-state index is 0.483. The highest BCUT2D eigenvalue weighted by molar-refractivity contribution is 5.10. The molecule has 1 aromatic rings. The molecule has 0 aliphatic heterocycles. The first-order valence-electron chi connectivity index (χ1n) is 8.37. The average molecular weight is 276 g/mol. The lowest BCUT2D eigenvalue weighted by atomic mass is 9.64. The third-order valence-corrected chi connectivity index (χ3v) is 5.55. The minimum atomic E-state index is -0.483. The molecule has 2 fully saturated rings. The zero-order valence-electron chi connectivity index (χ0n) is 12.7. The lowest BCUT2D eigenvalue weighted by Gasteiger charge is -2.45. The summed E-state index contributed by atoms with van der Waals surface area (Å²) < 4.78 is 1.84. The van der Waals surface area contributed by atoms with Crippen molar-refractivity contribution in [2.24, 2.45) is 18.9 Å². The summed E-state index contributed by atoms with van der Waals surface area (Å²) in [7, 11) is 1.95. The smallest absolute Gasteiger partial charge is 0.0719 e. The Labute approximate surface area is 122 Å². The molecule has 0 aromatic carbocycles. The number of aliphatic hydroxyl groups is 1. The standard InChI is InChI=1S/C17H28N2O/c1-19-13-14(12-18-19)11-17(20)10-6-5-9-16(17)15-7-3-2-4-8-15/h12-13,15-16,20H,2-11H2,1H3. The molecule has 20 heavy (non-hydrogen) atoms. The summed E-state index contributed by atoms with van der Waals surface area (Å²) in [6.07, 6.45) is 16.2. The molecule has 2 aliphatic carbocycles. The van der Waals surface area contributed by atoms with E-state index in [0.29, 0.717) is 5.92 Å². The monoisotopic (exact) mass is 276 g/mol. The molecule has 2 atom stereocenters. The van der Waals surface area contributed by atoms with E-state index in [1.165, 1.54) is 56.9 Å².